The standard InChI is InChI=1S/C26H27F4N3O5S/c1-15-20-22(35)33(14-18(27)17-5-3-2-4-6-17)25(37)32(12-9-26(28,29)30)23(20)39-21(15)24(36)38-19(34)13-16-7-10-31-11-8-16/h2-6,16,18,31H,7-14H2,1H3. The summed E-state index contributed by atoms with van der Waals surface area (Å²) in [5.41, 5.74) is -1.84. The van der Waals surface area contributed by atoms with E-state index in [2.05, 4.69) is 5.32 Å². The summed E-state index contributed by atoms with van der Waals surface area (Å²) >= 11 is 0.601. The maximum Gasteiger partial charge on any atom is 0.390 e. The summed E-state index contributed by atoms with van der Waals surface area (Å²) in [5.74, 6) is -1.76. The van der Waals surface area contributed by atoms with E-state index in [1.54, 1.807) is 18.2 Å². The van der Waals surface area contributed by atoms with Gasteiger partial charge < -0.3 is 10.1 Å². The molecule has 0 bridgehead atoms. The summed E-state index contributed by atoms with van der Waals surface area (Å²) in [5, 5.41) is 2.97. The number of halogens is 4. The second-order valence-electron chi connectivity index (χ2n) is 9.49. The van der Waals surface area contributed by atoms with E-state index >= 15 is 4.39 Å². The number of fused-ring (bicyclic) bond motifs is 1. The second kappa shape index (κ2) is 11.8. The number of carbonyl (C=O) groups excluding carboxylic acids is 2. The Kier molecular flexibility index (Phi) is 8.70. The molecule has 8 nitrogen and oxygen atoms in total. The number of rotatable bonds is 8. The van der Waals surface area contributed by atoms with Crippen LogP contribution in [0, 0.1) is 12.8 Å². The van der Waals surface area contributed by atoms with Crippen LogP contribution in [0.2, 0.25) is 0 Å². The number of esters is 2. The highest BCUT2D eigenvalue weighted by Gasteiger charge is 2.30. The Morgan fingerprint density at radius 3 is 2.44 bits per heavy atom. The lowest BCUT2D eigenvalue weighted by molar-refractivity contribution is -0.139. The fourth-order valence-corrected chi connectivity index (χ4v) is 5.82. The van der Waals surface area contributed by atoms with Crippen molar-refractivity contribution in [2.24, 2.45) is 5.92 Å². The topological polar surface area (TPSA) is 99.4 Å². The average Bonchev–Trinajstić information content (AvgIpc) is 3.23. The molecule has 2 aromatic heterocycles. The number of ether oxygens (including phenoxy) is 1. The Hall–Kier alpha value is -3.32. The maximum atomic E-state index is 15.1. The van der Waals surface area contributed by atoms with Gasteiger partial charge in [0.15, 0.2) is 0 Å². The molecule has 13 heteroatoms. The van der Waals surface area contributed by atoms with Crippen molar-refractivity contribution in [3.63, 3.8) is 0 Å². The number of aryl methyl sites for hydroxylation is 2. The first kappa shape index (κ1) is 28.7. The van der Waals surface area contributed by atoms with Crippen LogP contribution in [0.1, 0.15) is 52.7 Å². The van der Waals surface area contributed by atoms with Crippen molar-refractivity contribution in [1.82, 2.24) is 14.5 Å². The molecule has 0 aliphatic carbocycles. The minimum atomic E-state index is -4.62. The summed E-state index contributed by atoms with van der Waals surface area (Å²) in [6, 6.07) is 7.72. The molecular weight excluding hydrogens is 542 g/mol. The molecule has 4 rings (SSSR count). The van der Waals surface area contributed by atoms with Crippen molar-refractivity contribution in [3.8, 4) is 0 Å². The Bertz CT molecular complexity index is 1470. The molecule has 1 N–H and O–H groups in total. The van der Waals surface area contributed by atoms with E-state index in [1.165, 1.54) is 19.1 Å². The molecular formula is C26H27F4N3O5S. The summed E-state index contributed by atoms with van der Waals surface area (Å²) in [6.45, 7) is 1.29. The Morgan fingerprint density at radius 2 is 1.79 bits per heavy atom. The van der Waals surface area contributed by atoms with Crippen molar-refractivity contribution in [3.05, 3.63) is 67.2 Å². The van der Waals surface area contributed by atoms with Crippen molar-refractivity contribution in [2.45, 2.75) is 58.0 Å². The smallest absolute Gasteiger partial charge is 0.389 e. The highest BCUT2D eigenvalue weighted by atomic mass is 32.1. The molecule has 39 heavy (non-hydrogen) atoms. The Morgan fingerprint density at radius 1 is 1.13 bits per heavy atom. The van der Waals surface area contributed by atoms with Gasteiger partial charge in [0.25, 0.3) is 5.56 Å². The molecule has 0 radical (unpaired) electrons. The fraction of sp³-hybridized carbons (Fsp3) is 0.462. The molecule has 0 amide bonds. The third-order valence-electron chi connectivity index (χ3n) is 6.72. The number of hydrogen-bond acceptors (Lipinski definition) is 7. The molecule has 210 valence electrons. The molecule has 1 unspecified atom stereocenters. The van der Waals surface area contributed by atoms with E-state index in [9.17, 15) is 32.3 Å². The Labute approximate surface area is 224 Å². The predicted molar refractivity (Wildman–Crippen MR) is 137 cm³/mol. The van der Waals surface area contributed by atoms with E-state index < -0.39 is 55.0 Å². The van der Waals surface area contributed by atoms with Crippen molar-refractivity contribution in [2.75, 3.05) is 13.1 Å². The van der Waals surface area contributed by atoms with Crippen molar-refractivity contribution >= 4 is 33.5 Å². The highest BCUT2D eigenvalue weighted by molar-refractivity contribution is 7.20. The van der Waals surface area contributed by atoms with Gasteiger partial charge in [0, 0.05) is 13.0 Å². The van der Waals surface area contributed by atoms with Crippen LogP contribution >= 0.6 is 11.3 Å². The molecule has 0 spiro atoms. The molecule has 1 aliphatic rings. The fourth-order valence-electron chi connectivity index (χ4n) is 4.63. The van der Waals surface area contributed by atoms with Gasteiger partial charge in [0.2, 0.25) is 0 Å². The van der Waals surface area contributed by atoms with Gasteiger partial charge in [-0.25, -0.2) is 14.0 Å². The largest absolute Gasteiger partial charge is 0.390 e. The van der Waals surface area contributed by atoms with E-state index in [0.717, 1.165) is 30.5 Å². The monoisotopic (exact) mass is 569 g/mol. The molecule has 0 saturated carbocycles. The first-order valence-electron chi connectivity index (χ1n) is 12.4. The van der Waals surface area contributed by atoms with Gasteiger partial charge in [0.05, 0.1) is 18.4 Å². The summed E-state index contributed by atoms with van der Waals surface area (Å²) < 4.78 is 60.6. The molecule has 1 saturated heterocycles. The third kappa shape index (κ3) is 6.64. The number of nitrogens with zero attached hydrogens (tertiary/aromatic N) is 2. The minimum Gasteiger partial charge on any atom is -0.389 e. The predicted octanol–water partition coefficient (Wildman–Crippen LogP) is 4.27. The number of carbonyl (C=O) groups is 2. The van der Waals surface area contributed by atoms with Gasteiger partial charge >= 0.3 is 23.8 Å². The number of thiophene rings is 1. The van der Waals surface area contributed by atoms with Crippen LogP contribution in [0.4, 0.5) is 17.6 Å². The van der Waals surface area contributed by atoms with Gasteiger partial charge in [0.1, 0.15) is 15.9 Å². The zero-order valence-electron chi connectivity index (χ0n) is 21.1. The highest BCUT2D eigenvalue weighted by Crippen LogP contribution is 2.30. The van der Waals surface area contributed by atoms with Crippen LogP contribution < -0.4 is 16.6 Å². The van der Waals surface area contributed by atoms with Gasteiger partial charge in [-0.2, -0.15) is 13.2 Å². The van der Waals surface area contributed by atoms with Crippen LogP contribution in [0.15, 0.2) is 39.9 Å². The van der Waals surface area contributed by atoms with Gasteiger partial charge in [-0.05, 0) is 49.9 Å². The van der Waals surface area contributed by atoms with Crippen molar-refractivity contribution in [1.29, 1.82) is 0 Å². The van der Waals surface area contributed by atoms with Crippen molar-refractivity contribution < 1.29 is 31.9 Å². The Balaban J connectivity index is 1.72. The molecule has 1 atom stereocenters. The zero-order chi connectivity index (χ0) is 28.3. The zero-order valence-corrected chi connectivity index (χ0v) is 21.9. The van der Waals surface area contributed by atoms with Gasteiger partial charge in [-0.15, -0.1) is 11.3 Å². The normalized spacial score (nSPS) is 15.4. The lowest BCUT2D eigenvalue weighted by Crippen LogP contribution is -2.41. The molecule has 3 heterocycles. The summed E-state index contributed by atoms with van der Waals surface area (Å²) in [6.07, 6.45) is -6.28. The van der Waals surface area contributed by atoms with E-state index in [4.69, 9.17) is 4.74 Å². The lowest BCUT2D eigenvalue weighted by Gasteiger charge is -2.21. The number of piperidine rings is 1. The first-order valence-corrected chi connectivity index (χ1v) is 13.3. The number of nitrogens with one attached hydrogen (secondary N) is 1. The SMILES string of the molecule is Cc1c(C(=O)OC(=O)CC2CCNCC2)sc2c1c(=O)n(CC(F)c1ccccc1)c(=O)n2CCC(F)(F)F. The average molecular weight is 570 g/mol. The first-order chi connectivity index (χ1) is 18.5. The molecule has 1 aromatic carbocycles. The second-order valence-corrected chi connectivity index (χ2v) is 10.5. The van der Waals surface area contributed by atoms with E-state index in [-0.39, 0.29) is 38.6 Å². The van der Waals surface area contributed by atoms with Crippen LogP contribution in [0.25, 0.3) is 10.2 Å². The molecule has 1 aliphatic heterocycles. The van der Waals surface area contributed by atoms with Gasteiger partial charge in [-0.3, -0.25) is 18.7 Å². The molecule has 3 aromatic rings. The maximum absolute atomic E-state index is 15.1. The number of hydrogen-bond donors (Lipinski definition) is 1. The lowest BCUT2D eigenvalue weighted by atomic mass is 9.95. The summed E-state index contributed by atoms with van der Waals surface area (Å²) in [7, 11) is 0. The van der Waals surface area contributed by atoms with Crippen LogP contribution in [-0.2, 0) is 22.6 Å². The van der Waals surface area contributed by atoms with E-state index in [0.29, 0.717) is 15.9 Å². The third-order valence-corrected chi connectivity index (χ3v) is 8.02. The number of aromatic nitrogens is 2. The minimum absolute atomic E-state index is 0.0256. The quantitative estimate of drug-likeness (QED) is 0.247. The number of alkyl halides is 4. The van der Waals surface area contributed by atoms with E-state index in [1.807, 2.05) is 0 Å². The van der Waals surface area contributed by atoms with Crippen LogP contribution in [0.3, 0.4) is 0 Å². The molecule has 1 fully saturated rings. The number of benzene rings is 1. The summed E-state index contributed by atoms with van der Waals surface area (Å²) in [4.78, 5) is 51.5. The van der Waals surface area contributed by atoms with Crippen LogP contribution in [-0.4, -0.2) is 40.3 Å². The van der Waals surface area contributed by atoms with Gasteiger partial charge in [-0.1, -0.05) is 30.3 Å². The van der Waals surface area contributed by atoms with Crippen LogP contribution in [0.5, 0.6) is 0 Å².